The summed E-state index contributed by atoms with van der Waals surface area (Å²) in [6.07, 6.45) is 6.36. The number of carbonyl (C=O) groups excluding carboxylic acids is 1. The lowest BCUT2D eigenvalue weighted by atomic mass is 9.80. The number of rotatable bonds is 6. The number of ether oxygens (including phenoxy) is 1. The average Bonchev–Trinajstić information content (AvgIpc) is 3.44. The largest absolute Gasteiger partial charge is 0.426 e. The quantitative estimate of drug-likeness (QED) is 0.710. The lowest BCUT2D eigenvalue weighted by Gasteiger charge is -2.35. The van der Waals surface area contributed by atoms with Gasteiger partial charge in [0, 0.05) is 13.2 Å². The van der Waals surface area contributed by atoms with E-state index in [2.05, 4.69) is 5.32 Å². The van der Waals surface area contributed by atoms with Gasteiger partial charge in [-0.2, -0.15) is 13.2 Å². The van der Waals surface area contributed by atoms with E-state index in [1.54, 1.807) is 0 Å². The van der Waals surface area contributed by atoms with Gasteiger partial charge in [-0.3, -0.25) is 4.79 Å². The molecule has 0 unspecified atom stereocenters. The van der Waals surface area contributed by atoms with Crippen LogP contribution in [-0.4, -0.2) is 30.8 Å². The summed E-state index contributed by atoms with van der Waals surface area (Å²) in [6, 6.07) is 0. The van der Waals surface area contributed by atoms with Crippen molar-refractivity contribution in [3.63, 3.8) is 0 Å². The van der Waals surface area contributed by atoms with Crippen molar-refractivity contribution >= 4 is 5.91 Å². The predicted molar refractivity (Wildman–Crippen MR) is 93.6 cm³/mol. The Bertz CT molecular complexity index is 472. The van der Waals surface area contributed by atoms with Crippen molar-refractivity contribution in [2.24, 2.45) is 17.8 Å². The van der Waals surface area contributed by atoms with Gasteiger partial charge >= 0.3 is 6.18 Å². The Hall–Kier alpha value is -0.780. The van der Waals surface area contributed by atoms with E-state index in [1.807, 2.05) is 0 Å². The number of carbonyl (C=O) groups is 1. The first-order valence-corrected chi connectivity index (χ1v) is 10.4. The minimum Gasteiger partial charge on any atom is -0.357 e. The molecule has 1 N–H and O–H groups in total. The number of nitrogens with one attached hydrogen (secondary N) is 1. The van der Waals surface area contributed by atoms with E-state index in [9.17, 15) is 18.0 Å². The van der Waals surface area contributed by atoms with Gasteiger partial charge in [0.15, 0.2) is 0 Å². The van der Waals surface area contributed by atoms with Gasteiger partial charge in [0.05, 0.1) is 0 Å². The predicted octanol–water partition coefficient (Wildman–Crippen LogP) is 4.99. The molecule has 0 aromatic carbocycles. The summed E-state index contributed by atoms with van der Waals surface area (Å²) in [5.74, 6) is -0.0665. The first-order chi connectivity index (χ1) is 12.4. The zero-order valence-electron chi connectivity index (χ0n) is 15.6. The van der Waals surface area contributed by atoms with Crippen molar-refractivity contribution < 1.29 is 22.7 Å². The first-order valence-electron chi connectivity index (χ1n) is 10.4. The molecule has 6 heteroatoms. The normalized spacial score (nSPS) is 31.4. The second-order valence-corrected chi connectivity index (χ2v) is 8.62. The van der Waals surface area contributed by atoms with Crippen molar-refractivity contribution in [3.8, 4) is 0 Å². The third kappa shape index (κ3) is 4.93. The van der Waals surface area contributed by atoms with Crippen LogP contribution in [0, 0.1) is 17.8 Å². The van der Waals surface area contributed by atoms with Gasteiger partial charge in [0.2, 0.25) is 5.60 Å². The van der Waals surface area contributed by atoms with Crippen LogP contribution in [0.15, 0.2) is 0 Å². The molecule has 0 spiro atoms. The van der Waals surface area contributed by atoms with E-state index in [0.717, 1.165) is 32.1 Å². The summed E-state index contributed by atoms with van der Waals surface area (Å²) in [5.41, 5.74) is -2.66. The molecule has 2 aliphatic carbocycles. The van der Waals surface area contributed by atoms with E-state index in [-0.39, 0.29) is 18.9 Å². The molecule has 0 radical (unpaired) electrons. The number of hydrogen-bond donors (Lipinski definition) is 1. The first kappa shape index (κ1) is 20.0. The SMILES string of the molecule is O=C(NCC1CC1)[C@]1(C(F)(F)F)C[C@H](CCC2CCCCC2)CCCO1. The molecular formula is C20H32F3NO2. The van der Waals surface area contributed by atoms with Crippen molar-refractivity contribution in [2.75, 3.05) is 13.2 Å². The molecule has 2 saturated carbocycles. The van der Waals surface area contributed by atoms with Crippen molar-refractivity contribution in [3.05, 3.63) is 0 Å². The Kier molecular flexibility index (Phi) is 6.52. The third-order valence-electron chi connectivity index (χ3n) is 6.46. The maximum Gasteiger partial charge on any atom is 0.426 e. The highest BCUT2D eigenvalue weighted by molar-refractivity contribution is 5.86. The highest BCUT2D eigenvalue weighted by atomic mass is 19.4. The molecular weight excluding hydrogens is 343 g/mol. The van der Waals surface area contributed by atoms with Gasteiger partial charge in [-0.15, -0.1) is 0 Å². The third-order valence-corrected chi connectivity index (χ3v) is 6.46. The molecule has 1 heterocycles. The maximum atomic E-state index is 13.9. The molecule has 0 aromatic heterocycles. The van der Waals surface area contributed by atoms with E-state index in [0.29, 0.717) is 24.8 Å². The Balaban J connectivity index is 1.64. The fourth-order valence-electron chi connectivity index (χ4n) is 4.57. The van der Waals surface area contributed by atoms with Crippen LogP contribution in [0.3, 0.4) is 0 Å². The summed E-state index contributed by atoms with van der Waals surface area (Å²) in [7, 11) is 0. The van der Waals surface area contributed by atoms with Crippen LogP contribution in [0.1, 0.15) is 77.0 Å². The van der Waals surface area contributed by atoms with Crippen molar-refractivity contribution in [1.29, 1.82) is 0 Å². The molecule has 0 bridgehead atoms. The molecule has 3 rings (SSSR count). The Morgan fingerprint density at radius 1 is 0.923 bits per heavy atom. The van der Waals surface area contributed by atoms with E-state index >= 15 is 0 Å². The molecule has 3 aliphatic rings. The summed E-state index contributed by atoms with van der Waals surface area (Å²) in [5, 5.41) is 2.53. The fourth-order valence-corrected chi connectivity index (χ4v) is 4.57. The smallest absolute Gasteiger partial charge is 0.357 e. The van der Waals surface area contributed by atoms with Gasteiger partial charge in [-0.05, 0) is 49.9 Å². The number of amides is 1. The van der Waals surface area contributed by atoms with Crippen LogP contribution in [-0.2, 0) is 9.53 Å². The molecule has 1 aliphatic heterocycles. The highest BCUT2D eigenvalue weighted by Crippen LogP contribution is 2.44. The van der Waals surface area contributed by atoms with E-state index in [4.69, 9.17) is 4.74 Å². The molecule has 150 valence electrons. The van der Waals surface area contributed by atoms with Gasteiger partial charge in [0.1, 0.15) is 0 Å². The lowest BCUT2D eigenvalue weighted by Crippen LogP contribution is -2.59. The fraction of sp³-hybridized carbons (Fsp3) is 0.950. The standard InChI is InChI=1S/C20H32F3NO2/c21-20(22,23)19(18(25)24-14-17-10-11-17)13-16(7-4-12-26-19)9-8-15-5-2-1-3-6-15/h15-17H,1-14H2,(H,24,25)/t16-,19-/m0/s1. The Morgan fingerprint density at radius 2 is 1.58 bits per heavy atom. The average molecular weight is 375 g/mol. The summed E-state index contributed by atoms with van der Waals surface area (Å²) in [4.78, 5) is 12.5. The molecule has 3 fully saturated rings. The second-order valence-electron chi connectivity index (χ2n) is 8.62. The zero-order valence-corrected chi connectivity index (χ0v) is 15.6. The van der Waals surface area contributed by atoms with E-state index in [1.165, 1.54) is 32.1 Å². The van der Waals surface area contributed by atoms with Gasteiger partial charge in [0.25, 0.3) is 5.91 Å². The second kappa shape index (κ2) is 8.49. The van der Waals surface area contributed by atoms with Gasteiger partial charge in [-0.1, -0.05) is 44.9 Å². The van der Waals surface area contributed by atoms with Crippen LogP contribution in [0.4, 0.5) is 13.2 Å². The Morgan fingerprint density at radius 3 is 2.23 bits per heavy atom. The molecule has 1 saturated heterocycles. The van der Waals surface area contributed by atoms with Crippen LogP contribution >= 0.6 is 0 Å². The minimum absolute atomic E-state index is 0.0102. The minimum atomic E-state index is -4.67. The number of hydrogen-bond acceptors (Lipinski definition) is 2. The van der Waals surface area contributed by atoms with Gasteiger partial charge in [-0.25, -0.2) is 0 Å². The van der Waals surface area contributed by atoms with Gasteiger partial charge < -0.3 is 10.1 Å². The van der Waals surface area contributed by atoms with Crippen molar-refractivity contribution in [2.45, 2.75) is 88.8 Å². The zero-order chi connectivity index (χ0) is 18.6. The summed E-state index contributed by atoms with van der Waals surface area (Å²) < 4.78 is 47.1. The molecule has 1 amide bonds. The summed E-state index contributed by atoms with van der Waals surface area (Å²) in [6.45, 7) is 0.350. The molecule has 26 heavy (non-hydrogen) atoms. The Labute approximate surface area is 154 Å². The molecule has 2 atom stereocenters. The maximum absolute atomic E-state index is 13.9. The molecule has 3 nitrogen and oxygen atoms in total. The number of alkyl halides is 3. The summed E-state index contributed by atoms with van der Waals surface area (Å²) >= 11 is 0. The highest BCUT2D eigenvalue weighted by Gasteiger charge is 2.62. The molecule has 0 aromatic rings. The monoisotopic (exact) mass is 375 g/mol. The number of halogens is 3. The van der Waals surface area contributed by atoms with Crippen molar-refractivity contribution in [1.82, 2.24) is 5.32 Å². The van der Waals surface area contributed by atoms with Crippen LogP contribution in [0.2, 0.25) is 0 Å². The van der Waals surface area contributed by atoms with Crippen LogP contribution in [0.5, 0.6) is 0 Å². The topological polar surface area (TPSA) is 38.3 Å². The van der Waals surface area contributed by atoms with Crippen LogP contribution in [0.25, 0.3) is 0 Å². The lowest BCUT2D eigenvalue weighted by molar-refractivity contribution is -0.269. The van der Waals surface area contributed by atoms with E-state index < -0.39 is 17.7 Å². The van der Waals surface area contributed by atoms with Crippen LogP contribution < -0.4 is 5.32 Å².